The molecule has 0 amide bonds. The summed E-state index contributed by atoms with van der Waals surface area (Å²) in [5.74, 6) is -0.328. The highest BCUT2D eigenvalue weighted by atomic mass is 35.5. The van der Waals surface area contributed by atoms with E-state index in [1.54, 1.807) is 0 Å². The van der Waals surface area contributed by atoms with Crippen molar-refractivity contribution in [1.29, 1.82) is 0 Å². The molecule has 0 aliphatic heterocycles. The lowest BCUT2D eigenvalue weighted by atomic mass is 10.0. The highest BCUT2D eigenvalue weighted by Crippen LogP contribution is 2.21. The van der Waals surface area contributed by atoms with Crippen LogP contribution < -0.4 is 11.5 Å². The monoisotopic (exact) mass is 238 g/mol. The predicted molar refractivity (Wildman–Crippen MR) is 59.3 cm³/mol. The van der Waals surface area contributed by atoms with E-state index in [1.165, 1.54) is 18.2 Å². The summed E-state index contributed by atoms with van der Waals surface area (Å²) in [5.41, 5.74) is 11.4. The third-order valence-corrected chi connectivity index (χ3v) is 2.07. The summed E-state index contributed by atoms with van der Waals surface area (Å²) in [7, 11) is 0. The van der Waals surface area contributed by atoms with Crippen molar-refractivity contribution in [2.24, 2.45) is 11.5 Å². The van der Waals surface area contributed by atoms with Crippen LogP contribution in [-0.2, 0) is 0 Å². The van der Waals surface area contributed by atoms with E-state index in [9.17, 15) is 4.39 Å². The van der Waals surface area contributed by atoms with Crippen molar-refractivity contribution in [3.8, 4) is 0 Å². The van der Waals surface area contributed by atoms with Gasteiger partial charge in [0.25, 0.3) is 0 Å². The van der Waals surface area contributed by atoms with E-state index in [1.807, 2.05) is 0 Å². The molecule has 0 saturated heterocycles. The first-order chi connectivity index (χ1) is 6.15. The molecule has 0 radical (unpaired) electrons. The van der Waals surface area contributed by atoms with E-state index in [-0.39, 0.29) is 24.3 Å². The van der Waals surface area contributed by atoms with Crippen molar-refractivity contribution < 1.29 is 4.39 Å². The fourth-order valence-electron chi connectivity index (χ4n) is 1.13. The summed E-state index contributed by atoms with van der Waals surface area (Å²) in [6.07, 6.45) is 0.553. The maximum absolute atomic E-state index is 13.2. The van der Waals surface area contributed by atoms with Gasteiger partial charge in [-0.25, -0.2) is 4.39 Å². The Morgan fingerprint density at radius 2 is 2.07 bits per heavy atom. The predicted octanol–water partition coefficient (Wildman–Crippen LogP) is 2.25. The average molecular weight is 239 g/mol. The van der Waals surface area contributed by atoms with Crippen molar-refractivity contribution in [2.75, 3.05) is 6.54 Å². The molecule has 5 heteroatoms. The third kappa shape index (κ3) is 3.42. The molecule has 1 aromatic carbocycles. The molecule has 4 N–H and O–H groups in total. The maximum atomic E-state index is 13.2. The fourth-order valence-corrected chi connectivity index (χ4v) is 1.31. The van der Waals surface area contributed by atoms with Gasteiger partial charge in [-0.3, -0.25) is 0 Å². The zero-order chi connectivity index (χ0) is 9.84. The molecule has 0 bridgehead atoms. The minimum absolute atomic E-state index is 0. The number of rotatable bonds is 3. The Balaban J connectivity index is 0.00000169. The highest BCUT2D eigenvalue weighted by Gasteiger charge is 2.10. The van der Waals surface area contributed by atoms with Gasteiger partial charge < -0.3 is 11.5 Å². The van der Waals surface area contributed by atoms with Crippen LogP contribution in [0.1, 0.15) is 18.0 Å². The molecule has 0 aliphatic carbocycles. The topological polar surface area (TPSA) is 52.0 Å². The van der Waals surface area contributed by atoms with Gasteiger partial charge in [0.05, 0.1) is 0 Å². The minimum Gasteiger partial charge on any atom is -0.330 e. The number of nitrogens with two attached hydrogens (primary N) is 2. The SMILES string of the molecule is Cl.NCC[C@H](N)c1cc(Cl)ccc1F. The van der Waals surface area contributed by atoms with Gasteiger partial charge in [0.1, 0.15) is 5.82 Å². The van der Waals surface area contributed by atoms with Crippen molar-refractivity contribution in [2.45, 2.75) is 12.5 Å². The normalized spacial score (nSPS) is 12.0. The molecule has 0 unspecified atom stereocenters. The first-order valence-electron chi connectivity index (χ1n) is 4.05. The van der Waals surface area contributed by atoms with E-state index in [0.717, 1.165) is 0 Å². The molecule has 0 fully saturated rings. The van der Waals surface area contributed by atoms with Crippen molar-refractivity contribution >= 4 is 24.0 Å². The summed E-state index contributed by atoms with van der Waals surface area (Å²) in [6.45, 7) is 0.438. The van der Waals surface area contributed by atoms with Crippen molar-refractivity contribution in [3.05, 3.63) is 34.6 Å². The van der Waals surface area contributed by atoms with Crippen molar-refractivity contribution in [3.63, 3.8) is 0 Å². The number of hydrogen-bond acceptors (Lipinski definition) is 2. The van der Waals surface area contributed by atoms with Gasteiger partial charge in [0, 0.05) is 16.6 Å². The van der Waals surface area contributed by atoms with Gasteiger partial charge in [-0.05, 0) is 31.2 Å². The van der Waals surface area contributed by atoms with Crippen LogP contribution >= 0.6 is 24.0 Å². The van der Waals surface area contributed by atoms with Gasteiger partial charge >= 0.3 is 0 Å². The quantitative estimate of drug-likeness (QED) is 0.849. The summed E-state index contributed by atoms with van der Waals surface area (Å²) in [4.78, 5) is 0. The van der Waals surface area contributed by atoms with Crippen LogP contribution in [0.25, 0.3) is 0 Å². The highest BCUT2D eigenvalue weighted by molar-refractivity contribution is 6.30. The Bertz CT molecular complexity index is 294. The van der Waals surface area contributed by atoms with Crippen LogP contribution in [0.2, 0.25) is 5.02 Å². The van der Waals surface area contributed by atoms with Crippen LogP contribution in [0.5, 0.6) is 0 Å². The Morgan fingerprint density at radius 3 is 2.64 bits per heavy atom. The van der Waals surface area contributed by atoms with Crippen LogP contribution in [-0.4, -0.2) is 6.54 Å². The summed E-state index contributed by atoms with van der Waals surface area (Å²) in [5, 5.41) is 0.490. The second-order valence-electron chi connectivity index (χ2n) is 2.85. The third-order valence-electron chi connectivity index (χ3n) is 1.84. The molecule has 1 aromatic rings. The first-order valence-corrected chi connectivity index (χ1v) is 4.43. The standard InChI is InChI=1S/C9H12ClFN2.ClH/c10-6-1-2-8(11)7(5-6)9(13)3-4-12;/h1-2,5,9H,3-4,12-13H2;1H/t9-;/m0./s1. The van der Waals surface area contributed by atoms with Gasteiger partial charge in [-0.1, -0.05) is 11.6 Å². The first kappa shape index (κ1) is 13.7. The van der Waals surface area contributed by atoms with E-state index in [0.29, 0.717) is 23.6 Å². The number of hydrogen-bond donors (Lipinski definition) is 2. The Hall–Kier alpha value is -0.350. The van der Waals surface area contributed by atoms with Gasteiger partial charge in [-0.2, -0.15) is 0 Å². The Kier molecular flexibility index (Phi) is 6.04. The van der Waals surface area contributed by atoms with Gasteiger partial charge in [-0.15, -0.1) is 12.4 Å². The molecule has 0 heterocycles. The van der Waals surface area contributed by atoms with Crippen LogP contribution in [0.3, 0.4) is 0 Å². The zero-order valence-corrected chi connectivity index (χ0v) is 9.11. The van der Waals surface area contributed by atoms with Crippen LogP contribution in [0.15, 0.2) is 18.2 Å². The van der Waals surface area contributed by atoms with Crippen LogP contribution in [0, 0.1) is 5.82 Å². The molecule has 1 rings (SSSR count). The van der Waals surface area contributed by atoms with Crippen LogP contribution in [0.4, 0.5) is 4.39 Å². The van der Waals surface area contributed by atoms with Gasteiger partial charge in [0.2, 0.25) is 0 Å². The summed E-state index contributed by atoms with van der Waals surface area (Å²) >= 11 is 5.71. The molecule has 0 aliphatic rings. The van der Waals surface area contributed by atoms with E-state index < -0.39 is 0 Å². The molecular weight excluding hydrogens is 226 g/mol. The Labute approximate surface area is 93.8 Å². The lowest BCUT2D eigenvalue weighted by Gasteiger charge is -2.11. The second kappa shape index (κ2) is 6.19. The number of benzene rings is 1. The molecule has 0 saturated carbocycles. The van der Waals surface area contributed by atoms with E-state index >= 15 is 0 Å². The fraction of sp³-hybridized carbons (Fsp3) is 0.333. The zero-order valence-electron chi connectivity index (χ0n) is 7.54. The van der Waals surface area contributed by atoms with E-state index in [2.05, 4.69) is 0 Å². The maximum Gasteiger partial charge on any atom is 0.128 e. The molecule has 1 atom stereocenters. The van der Waals surface area contributed by atoms with Gasteiger partial charge in [0.15, 0.2) is 0 Å². The van der Waals surface area contributed by atoms with Crippen molar-refractivity contribution in [1.82, 2.24) is 0 Å². The smallest absolute Gasteiger partial charge is 0.128 e. The molecule has 2 nitrogen and oxygen atoms in total. The van der Waals surface area contributed by atoms with E-state index in [4.69, 9.17) is 23.1 Å². The Morgan fingerprint density at radius 1 is 1.43 bits per heavy atom. The number of halogens is 3. The lowest BCUT2D eigenvalue weighted by Crippen LogP contribution is -2.16. The molecule has 0 spiro atoms. The molecular formula is C9H13Cl2FN2. The lowest BCUT2D eigenvalue weighted by molar-refractivity contribution is 0.567. The molecule has 0 aromatic heterocycles. The molecule has 14 heavy (non-hydrogen) atoms. The summed E-state index contributed by atoms with van der Waals surface area (Å²) < 4.78 is 13.2. The summed E-state index contributed by atoms with van der Waals surface area (Å²) in [6, 6.07) is 3.98. The second-order valence-corrected chi connectivity index (χ2v) is 3.29. The average Bonchev–Trinajstić information content (AvgIpc) is 2.09. The molecule has 80 valence electrons. The minimum atomic E-state index is -0.372. The largest absolute Gasteiger partial charge is 0.330 e.